The van der Waals surface area contributed by atoms with E-state index in [2.05, 4.69) is 15.6 Å². The minimum Gasteiger partial charge on any atom is -0.492 e. The van der Waals surface area contributed by atoms with E-state index in [1.807, 2.05) is 37.3 Å². The summed E-state index contributed by atoms with van der Waals surface area (Å²) in [6.07, 6.45) is 7.48. The monoisotopic (exact) mass is 339 g/mol. The Morgan fingerprint density at radius 1 is 1.16 bits per heavy atom. The van der Waals surface area contributed by atoms with E-state index >= 15 is 0 Å². The van der Waals surface area contributed by atoms with Gasteiger partial charge in [-0.1, -0.05) is 31.4 Å². The fourth-order valence-electron chi connectivity index (χ4n) is 3.12. The molecule has 5 heteroatoms. The highest BCUT2D eigenvalue weighted by Gasteiger charge is 2.17. The van der Waals surface area contributed by atoms with Gasteiger partial charge in [-0.15, -0.1) is 0 Å². The number of nitrogens with zero attached hydrogens (tertiary/aromatic N) is 1. The van der Waals surface area contributed by atoms with E-state index < -0.39 is 0 Å². The second kappa shape index (κ2) is 8.51. The Hall–Kier alpha value is -2.56. The lowest BCUT2D eigenvalue weighted by Gasteiger charge is -2.22. The fourth-order valence-corrected chi connectivity index (χ4v) is 3.12. The van der Waals surface area contributed by atoms with Crippen LogP contribution in [0.25, 0.3) is 0 Å². The Morgan fingerprint density at radius 3 is 2.68 bits per heavy atom. The van der Waals surface area contributed by atoms with Crippen LogP contribution < -0.4 is 15.4 Å². The minimum absolute atomic E-state index is 0.0897. The number of nitrogens with one attached hydrogen (secondary N) is 2. The molecule has 5 nitrogen and oxygen atoms in total. The van der Waals surface area contributed by atoms with Gasteiger partial charge in [-0.05, 0) is 44.0 Å². The molecule has 1 aromatic heterocycles. The van der Waals surface area contributed by atoms with Crippen molar-refractivity contribution in [2.24, 2.45) is 0 Å². The molecule has 3 rings (SSSR count). The first-order valence-electron chi connectivity index (χ1n) is 9.02. The van der Waals surface area contributed by atoms with E-state index in [1.54, 1.807) is 12.3 Å². The van der Waals surface area contributed by atoms with Gasteiger partial charge in [-0.2, -0.15) is 0 Å². The van der Waals surface area contributed by atoms with Crippen LogP contribution in [0.15, 0.2) is 42.6 Å². The highest BCUT2D eigenvalue weighted by atomic mass is 16.5. The maximum absolute atomic E-state index is 12.3. The molecule has 0 unspecified atom stereocenters. The van der Waals surface area contributed by atoms with E-state index in [1.165, 1.54) is 19.3 Å². The Morgan fingerprint density at radius 2 is 1.96 bits per heavy atom. The summed E-state index contributed by atoms with van der Waals surface area (Å²) >= 11 is 0. The molecule has 25 heavy (non-hydrogen) atoms. The lowest BCUT2D eigenvalue weighted by molar-refractivity contribution is 0.0922. The molecule has 2 aromatic rings. The van der Waals surface area contributed by atoms with E-state index in [0.717, 1.165) is 30.0 Å². The number of para-hydroxylation sites is 2. The van der Waals surface area contributed by atoms with Crippen molar-refractivity contribution in [1.29, 1.82) is 0 Å². The van der Waals surface area contributed by atoms with Crippen molar-refractivity contribution in [3.8, 4) is 5.75 Å². The van der Waals surface area contributed by atoms with E-state index in [4.69, 9.17) is 4.74 Å². The quantitative estimate of drug-likeness (QED) is 0.824. The van der Waals surface area contributed by atoms with Gasteiger partial charge in [0.15, 0.2) is 0 Å². The summed E-state index contributed by atoms with van der Waals surface area (Å²) in [6.45, 7) is 2.56. The number of hydrogen-bond donors (Lipinski definition) is 2. The van der Waals surface area contributed by atoms with Gasteiger partial charge in [0.1, 0.15) is 11.4 Å². The standard InChI is InChI=1S/C20H25N3O2/c1-2-25-19-11-7-6-10-17(19)22-16-12-13-18(21-14-16)20(24)23-15-8-4-3-5-9-15/h6-7,10-15,22H,2-5,8-9H2,1H3,(H,23,24). The number of carbonyl (C=O) groups excluding carboxylic acids is 1. The van der Waals surface area contributed by atoms with E-state index in [0.29, 0.717) is 18.3 Å². The van der Waals surface area contributed by atoms with Gasteiger partial charge >= 0.3 is 0 Å². The van der Waals surface area contributed by atoms with Gasteiger partial charge in [0.2, 0.25) is 0 Å². The van der Waals surface area contributed by atoms with Crippen LogP contribution in [0.3, 0.4) is 0 Å². The second-order valence-electron chi connectivity index (χ2n) is 6.29. The molecule has 0 bridgehead atoms. The van der Waals surface area contributed by atoms with Crippen LogP contribution in [-0.2, 0) is 0 Å². The molecule has 1 aromatic carbocycles. The summed E-state index contributed by atoms with van der Waals surface area (Å²) < 4.78 is 5.61. The smallest absolute Gasteiger partial charge is 0.270 e. The first-order chi connectivity index (χ1) is 12.3. The zero-order valence-electron chi connectivity index (χ0n) is 14.6. The number of benzene rings is 1. The van der Waals surface area contributed by atoms with Crippen LogP contribution in [0.1, 0.15) is 49.5 Å². The number of aromatic nitrogens is 1. The van der Waals surface area contributed by atoms with Crippen LogP contribution >= 0.6 is 0 Å². The Labute approximate surface area is 148 Å². The van der Waals surface area contributed by atoms with Crippen LogP contribution in [0, 0.1) is 0 Å². The van der Waals surface area contributed by atoms with Crippen LogP contribution in [0.4, 0.5) is 11.4 Å². The molecule has 0 atom stereocenters. The zero-order valence-corrected chi connectivity index (χ0v) is 14.6. The molecule has 0 aliphatic heterocycles. The molecule has 0 saturated heterocycles. The number of pyridine rings is 1. The van der Waals surface area contributed by atoms with Crippen molar-refractivity contribution < 1.29 is 9.53 Å². The molecule has 1 aliphatic rings. The van der Waals surface area contributed by atoms with Crippen molar-refractivity contribution in [3.05, 3.63) is 48.3 Å². The number of ether oxygens (including phenoxy) is 1. The fraction of sp³-hybridized carbons (Fsp3) is 0.400. The predicted molar refractivity (Wildman–Crippen MR) is 99.5 cm³/mol. The summed E-state index contributed by atoms with van der Waals surface area (Å²) in [5.41, 5.74) is 2.15. The summed E-state index contributed by atoms with van der Waals surface area (Å²) in [5.74, 6) is 0.706. The number of carbonyl (C=O) groups is 1. The molecule has 1 amide bonds. The third-order valence-electron chi connectivity index (χ3n) is 4.40. The Kier molecular flexibility index (Phi) is 5.88. The summed E-state index contributed by atoms with van der Waals surface area (Å²) in [7, 11) is 0. The maximum atomic E-state index is 12.3. The van der Waals surface area contributed by atoms with Gasteiger partial charge in [0.25, 0.3) is 5.91 Å². The van der Waals surface area contributed by atoms with Crippen molar-refractivity contribution in [3.63, 3.8) is 0 Å². The van der Waals surface area contributed by atoms with Gasteiger partial charge in [-0.3, -0.25) is 4.79 Å². The number of amides is 1. The summed E-state index contributed by atoms with van der Waals surface area (Å²) in [6, 6.07) is 11.7. The summed E-state index contributed by atoms with van der Waals surface area (Å²) in [4.78, 5) is 16.6. The van der Waals surface area contributed by atoms with Crippen LogP contribution in [0.5, 0.6) is 5.75 Å². The minimum atomic E-state index is -0.0897. The maximum Gasteiger partial charge on any atom is 0.270 e. The van der Waals surface area contributed by atoms with Gasteiger partial charge < -0.3 is 15.4 Å². The van der Waals surface area contributed by atoms with Crippen molar-refractivity contribution in [2.45, 2.75) is 45.1 Å². The number of rotatable bonds is 6. The molecule has 1 fully saturated rings. The number of anilines is 2. The first-order valence-corrected chi connectivity index (χ1v) is 9.02. The van der Waals surface area contributed by atoms with Crippen LogP contribution in [-0.4, -0.2) is 23.5 Å². The van der Waals surface area contributed by atoms with Crippen LogP contribution in [0.2, 0.25) is 0 Å². The van der Waals surface area contributed by atoms with E-state index in [-0.39, 0.29) is 5.91 Å². The molecule has 0 radical (unpaired) electrons. The SMILES string of the molecule is CCOc1ccccc1Nc1ccc(C(=O)NC2CCCCC2)nc1. The predicted octanol–water partition coefficient (Wildman–Crippen LogP) is 4.29. The Balaban J connectivity index is 1.63. The van der Waals surface area contributed by atoms with E-state index in [9.17, 15) is 4.79 Å². The number of hydrogen-bond acceptors (Lipinski definition) is 4. The third-order valence-corrected chi connectivity index (χ3v) is 4.40. The van der Waals surface area contributed by atoms with Gasteiger partial charge in [-0.25, -0.2) is 4.98 Å². The largest absolute Gasteiger partial charge is 0.492 e. The molecule has 2 N–H and O–H groups in total. The Bertz CT molecular complexity index is 694. The zero-order chi connectivity index (χ0) is 17.5. The van der Waals surface area contributed by atoms with Gasteiger partial charge in [0, 0.05) is 6.04 Å². The van der Waals surface area contributed by atoms with Crippen molar-refractivity contribution in [2.75, 3.05) is 11.9 Å². The molecule has 1 aliphatic carbocycles. The lowest BCUT2D eigenvalue weighted by atomic mass is 9.95. The molecule has 132 valence electrons. The van der Waals surface area contributed by atoms with Gasteiger partial charge in [0.05, 0.1) is 24.2 Å². The highest BCUT2D eigenvalue weighted by Crippen LogP contribution is 2.27. The van der Waals surface area contributed by atoms with Crippen molar-refractivity contribution in [1.82, 2.24) is 10.3 Å². The highest BCUT2D eigenvalue weighted by molar-refractivity contribution is 5.92. The molecular formula is C20H25N3O2. The molecular weight excluding hydrogens is 314 g/mol. The normalized spacial score (nSPS) is 14.8. The second-order valence-corrected chi connectivity index (χ2v) is 6.29. The average Bonchev–Trinajstić information content (AvgIpc) is 2.65. The molecule has 1 saturated carbocycles. The topological polar surface area (TPSA) is 63.2 Å². The molecule has 0 spiro atoms. The van der Waals surface area contributed by atoms with Crippen molar-refractivity contribution >= 4 is 17.3 Å². The first kappa shape index (κ1) is 17.3. The average molecular weight is 339 g/mol. The third kappa shape index (κ3) is 4.72. The summed E-state index contributed by atoms with van der Waals surface area (Å²) in [5, 5.41) is 6.37. The molecule has 1 heterocycles. The lowest BCUT2D eigenvalue weighted by Crippen LogP contribution is -2.36.